The fourth-order valence-electron chi connectivity index (χ4n) is 0.717. The molecule has 0 unspecified atom stereocenters. The van der Waals surface area contributed by atoms with Crippen LogP contribution in [0.1, 0.15) is 6.42 Å². The number of amides is 1. The van der Waals surface area contributed by atoms with Gasteiger partial charge in [0.05, 0.1) is 19.2 Å². The molecule has 0 bridgehead atoms. The van der Waals surface area contributed by atoms with E-state index in [-0.39, 0.29) is 18.9 Å². The molecule has 5 heteroatoms. The molecule has 0 radical (unpaired) electrons. The molecule has 70 valence electrons. The molecule has 0 saturated carbocycles. The number of pyridine rings is 1. The minimum Gasteiger partial charge on any atom is -0.491 e. The predicted octanol–water partition coefficient (Wildman–Crippen LogP) is 0.989. The molecule has 1 aromatic rings. The number of carbonyl (C=O) groups is 1. The topological polar surface area (TPSA) is 65.2 Å². The van der Waals surface area contributed by atoms with Gasteiger partial charge >= 0.3 is 0 Å². The predicted molar refractivity (Wildman–Crippen MR) is 48.6 cm³/mol. The monoisotopic (exact) mass is 200 g/mol. The molecule has 4 nitrogen and oxygen atoms in total. The number of rotatable bonds is 4. The first-order chi connectivity index (χ1) is 6.18. The Morgan fingerprint density at radius 1 is 1.62 bits per heavy atom. The van der Waals surface area contributed by atoms with Gasteiger partial charge < -0.3 is 10.5 Å². The van der Waals surface area contributed by atoms with E-state index in [1.807, 2.05) is 0 Å². The number of primary amides is 1. The van der Waals surface area contributed by atoms with E-state index in [9.17, 15) is 4.79 Å². The normalized spacial score (nSPS) is 9.62. The molecular weight excluding hydrogens is 192 g/mol. The van der Waals surface area contributed by atoms with E-state index in [0.29, 0.717) is 10.9 Å². The summed E-state index contributed by atoms with van der Waals surface area (Å²) in [4.78, 5) is 14.2. The summed E-state index contributed by atoms with van der Waals surface area (Å²) in [5, 5.41) is 0.405. The van der Waals surface area contributed by atoms with Crippen molar-refractivity contribution in [2.45, 2.75) is 6.42 Å². The van der Waals surface area contributed by atoms with Gasteiger partial charge in [-0.15, -0.1) is 0 Å². The third kappa shape index (κ3) is 3.75. The number of carbonyl (C=O) groups excluding carboxylic acids is 1. The van der Waals surface area contributed by atoms with Crippen LogP contribution in [-0.4, -0.2) is 17.5 Å². The van der Waals surface area contributed by atoms with Crippen molar-refractivity contribution in [3.8, 4) is 5.75 Å². The second kappa shape index (κ2) is 4.67. The summed E-state index contributed by atoms with van der Waals surface area (Å²) >= 11 is 5.56. The fraction of sp³-hybridized carbons (Fsp3) is 0.250. The van der Waals surface area contributed by atoms with Gasteiger partial charge in [-0.2, -0.15) is 0 Å². The van der Waals surface area contributed by atoms with Gasteiger partial charge in [0.1, 0.15) is 10.9 Å². The van der Waals surface area contributed by atoms with Gasteiger partial charge in [-0.05, 0) is 12.1 Å². The second-order valence-electron chi connectivity index (χ2n) is 2.38. The quantitative estimate of drug-likeness (QED) is 0.738. The molecule has 0 aliphatic rings. The molecule has 0 spiro atoms. The summed E-state index contributed by atoms with van der Waals surface area (Å²) in [5.41, 5.74) is 4.93. The van der Waals surface area contributed by atoms with Gasteiger partial charge in [0.15, 0.2) is 0 Å². The summed E-state index contributed by atoms with van der Waals surface area (Å²) < 4.78 is 5.15. The SMILES string of the molecule is NC(=O)CCOc1ccc(Cl)nc1. The second-order valence-corrected chi connectivity index (χ2v) is 2.77. The lowest BCUT2D eigenvalue weighted by Gasteiger charge is -2.02. The lowest BCUT2D eigenvalue weighted by atomic mass is 10.4. The Kier molecular flexibility index (Phi) is 3.52. The zero-order valence-corrected chi connectivity index (χ0v) is 7.62. The molecule has 13 heavy (non-hydrogen) atoms. The van der Waals surface area contributed by atoms with Crippen molar-refractivity contribution in [3.05, 3.63) is 23.5 Å². The van der Waals surface area contributed by atoms with E-state index in [1.165, 1.54) is 6.20 Å². The zero-order chi connectivity index (χ0) is 9.68. The van der Waals surface area contributed by atoms with Crippen LogP contribution in [-0.2, 0) is 4.79 Å². The molecule has 0 aliphatic heterocycles. The minimum atomic E-state index is -0.387. The summed E-state index contributed by atoms with van der Waals surface area (Å²) in [6.45, 7) is 0.263. The zero-order valence-electron chi connectivity index (χ0n) is 6.87. The number of ether oxygens (including phenoxy) is 1. The third-order valence-electron chi connectivity index (χ3n) is 1.32. The van der Waals surface area contributed by atoms with Crippen LogP contribution in [0.3, 0.4) is 0 Å². The van der Waals surface area contributed by atoms with Crippen LogP contribution in [0.4, 0.5) is 0 Å². The molecule has 0 atom stereocenters. The number of aromatic nitrogens is 1. The van der Waals surface area contributed by atoms with E-state index in [1.54, 1.807) is 12.1 Å². The van der Waals surface area contributed by atoms with Crippen LogP contribution in [0.2, 0.25) is 5.15 Å². The molecule has 1 amide bonds. The van der Waals surface area contributed by atoms with Gasteiger partial charge in [0, 0.05) is 0 Å². The number of hydrogen-bond acceptors (Lipinski definition) is 3. The van der Waals surface area contributed by atoms with Crippen molar-refractivity contribution in [2.24, 2.45) is 5.73 Å². The largest absolute Gasteiger partial charge is 0.491 e. The molecule has 0 aromatic carbocycles. The van der Waals surface area contributed by atoms with Crippen LogP contribution in [0.15, 0.2) is 18.3 Å². The van der Waals surface area contributed by atoms with Crippen molar-refractivity contribution in [1.29, 1.82) is 0 Å². The number of nitrogens with two attached hydrogens (primary N) is 1. The highest BCUT2D eigenvalue weighted by atomic mass is 35.5. The molecule has 0 fully saturated rings. The smallest absolute Gasteiger partial charge is 0.220 e. The lowest BCUT2D eigenvalue weighted by molar-refractivity contribution is -0.118. The first-order valence-corrected chi connectivity index (χ1v) is 4.09. The lowest BCUT2D eigenvalue weighted by Crippen LogP contribution is -2.14. The molecule has 0 saturated heterocycles. The summed E-state index contributed by atoms with van der Waals surface area (Å²) in [6.07, 6.45) is 1.69. The van der Waals surface area contributed by atoms with Gasteiger partial charge in [0.25, 0.3) is 0 Å². The summed E-state index contributed by atoms with van der Waals surface area (Å²) in [5.74, 6) is 0.188. The highest BCUT2D eigenvalue weighted by Gasteiger charge is 1.96. The Bertz CT molecular complexity index is 287. The highest BCUT2D eigenvalue weighted by molar-refractivity contribution is 6.29. The Morgan fingerprint density at radius 2 is 2.38 bits per heavy atom. The van der Waals surface area contributed by atoms with Crippen LogP contribution >= 0.6 is 11.6 Å². The maximum absolute atomic E-state index is 10.3. The number of hydrogen-bond donors (Lipinski definition) is 1. The van der Waals surface area contributed by atoms with Gasteiger partial charge in [0.2, 0.25) is 5.91 Å². The average molecular weight is 201 g/mol. The Morgan fingerprint density at radius 3 is 2.92 bits per heavy atom. The van der Waals surface area contributed by atoms with Crippen LogP contribution in [0, 0.1) is 0 Å². The van der Waals surface area contributed by atoms with Crippen molar-refractivity contribution in [1.82, 2.24) is 4.98 Å². The van der Waals surface area contributed by atoms with E-state index in [4.69, 9.17) is 22.1 Å². The fourth-order valence-corrected chi connectivity index (χ4v) is 0.829. The standard InChI is InChI=1S/C8H9ClN2O2/c9-7-2-1-6(5-11-7)13-4-3-8(10)12/h1-2,5H,3-4H2,(H2,10,12). The number of nitrogens with zero attached hydrogens (tertiary/aromatic N) is 1. The first-order valence-electron chi connectivity index (χ1n) is 3.71. The van der Waals surface area contributed by atoms with Crippen molar-refractivity contribution >= 4 is 17.5 Å². The van der Waals surface area contributed by atoms with Crippen LogP contribution < -0.4 is 10.5 Å². The minimum absolute atomic E-state index is 0.197. The maximum Gasteiger partial charge on any atom is 0.220 e. The molecule has 0 aliphatic carbocycles. The summed E-state index contributed by atoms with van der Waals surface area (Å²) in [7, 11) is 0. The molecule has 1 heterocycles. The molecular formula is C8H9ClN2O2. The van der Waals surface area contributed by atoms with E-state index >= 15 is 0 Å². The molecule has 1 rings (SSSR count). The molecule has 2 N–H and O–H groups in total. The van der Waals surface area contributed by atoms with Gasteiger partial charge in [-0.1, -0.05) is 11.6 Å². The Hall–Kier alpha value is -1.29. The van der Waals surface area contributed by atoms with Crippen molar-refractivity contribution in [3.63, 3.8) is 0 Å². The maximum atomic E-state index is 10.3. The van der Waals surface area contributed by atoms with E-state index < -0.39 is 0 Å². The van der Waals surface area contributed by atoms with E-state index in [2.05, 4.69) is 4.98 Å². The van der Waals surface area contributed by atoms with Gasteiger partial charge in [-0.25, -0.2) is 4.98 Å². The van der Waals surface area contributed by atoms with Crippen LogP contribution in [0.5, 0.6) is 5.75 Å². The van der Waals surface area contributed by atoms with Gasteiger partial charge in [-0.3, -0.25) is 4.79 Å². The van der Waals surface area contributed by atoms with E-state index in [0.717, 1.165) is 0 Å². The summed E-state index contributed by atoms with van der Waals surface area (Å²) in [6, 6.07) is 3.29. The third-order valence-corrected chi connectivity index (χ3v) is 1.54. The van der Waals surface area contributed by atoms with Crippen molar-refractivity contribution in [2.75, 3.05) is 6.61 Å². The first kappa shape index (κ1) is 9.80. The highest BCUT2D eigenvalue weighted by Crippen LogP contribution is 2.11. The van der Waals surface area contributed by atoms with Crippen LogP contribution in [0.25, 0.3) is 0 Å². The average Bonchev–Trinajstić information content (AvgIpc) is 2.08. The molecule has 1 aromatic heterocycles. The number of halogens is 1. The Labute approximate surface area is 80.7 Å². The Balaban J connectivity index is 2.37. The van der Waals surface area contributed by atoms with Crippen molar-refractivity contribution < 1.29 is 9.53 Å².